The second-order valence-corrected chi connectivity index (χ2v) is 15.0. The minimum absolute atomic E-state index is 0.127. The molecule has 5 atom stereocenters. The first-order valence-corrected chi connectivity index (χ1v) is 20.9. The summed E-state index contributed by atoms with van der Waals surface area (Å²) in [5.74, 6) is 0.815. The van der Waals surface area contributed by atoms with Gasteiger partial charge in [0.25, 0.3) is 0 Å². The Morgan fingerprint density at radius 2 is 1.14 bits per heavy atom. The van der Waals surface area contributed by atoms with E-state index in [0.717, 1.165) is 27.8 Å². The molecule has 0 saturated carbocycles. The normalized spacial score (nSPS) is 18.7. The van der Waals surface area contributed by atoms with Crippen molar-refractivity contribution >= 4 is 22.8 Å². The van der Waals surface area contributed by atoms with Crippen molar-refractivity contribution in [2.24, 2.45) is 0 Å². The Morgan fingerprint density at radius 1 is 0.603 bits per heavy atom. The number of carbonyl (C=O) groups is 1. The van der Waals surface area contributed by atoms with Crippen LogP contribution in [-0.4, -0.2) is 57.3 Å². The van der Waals surface area contributed by atoms with Gasteiger partial charge in [0, 0.05) is 6.07 Å². The third kappa shape index (κ3) is 11.1. The lowest BCUT2D eigenvalue weighted by Gasteiger charge is -2.45. The molecule has 1 fully saturated rings. The van der Waals surface area contributed by atoms with Gasteiger partial charge >= 0.3 is 0 Å². The number of fused-ring (bicyclic) bond motifs is 1. The lowest BCUT2D eigenvalue weighted by Crippen LogP contribution is -2.62. The topological polar surface area (TPSA) is 104 Å². The van der Waals surface area contributed by atoms with Gasteiger partial charge in [-0.2, -0.15) is 0 Å². The molecule has 1 aliphatic rings. The lowest BCUT2D eigenvalue weighted by molar-refractivity contribution is -0.310. The summed E-state index contributed by atoms with van der Waals surface area (Å²) in [6.45, 7) is 1.20. The first-order valence-electron chi connectivity index (χ1n) is 20.9. The van der Waals surface area contributed by atoms with Crippen LogP contribution in [0.25, 0.3) is 17.0 Å². The summed E-state index contributed by atoms with van der Waals surface area (Å²) in [5, 5.41) is 0.609. The van der Waals surface area contributed by atoms with Gasteiger partial charge in [-0.15, -0.1) is 0 Å². The smallest absolute Gasteiger partial charge is 0.229 e. The minimum Gasteiger partial charge on any atom is -0.497 e. The van der Waals surface area contributed by atoms with Crippen molar-refractivity contribution in [3.8, 4) is 17.2 Å². The van der Waals surface area contributed by atoms with Crippen molar-refractivity contribution in [2.75, 3.05) is 20.8 Å². The fourth-order valence-electron chi connectivity index (χ4n) is 7.53. The molecule has 322 valence electrons. The summed E-state index contributed by atoms with van der Waals surface area (Å²) in [7, 11) is 3.12. The number of hydrogen-bond acceptors (Lipinski definition) is 10. The molecule has 8 rings (SSSR count). The average molecular weight is 847 g/mol. The lowest BCUT2D eigenvalue weighted by atomic mass is 9.97. The van der Waals surface area contributed by atoms with Crippen LogP contribution in [0, 0.1) is 0 Å². The van der Waals surface area contributed by atoms with Crippen LogP contribution >= 0.6 is 0 Å². The number of hydrogen-bond donors (Lipinski definition) is 0. The van der Waals surface area contributed by atoms with Crippen LogP contribution in [0.15, 0.2) is 174 Å². The second-order valence-electron chi connectivity index (χ2n) is 15.0. The zero-order valence-electron chi connectivity index (χ0n) is 35.2. The first kappa shape index (κ1) is 43.1. The van der Waals surface area contributed by atoms with Crippen molar-refractivity contribution < 1.29 is 47.1 Å². The van der Waals surface area contributed by atoms with E-state index in [-0.39, 0.29) is 43.5 Å². The van der Waals surface area contributed by atoms with Crippen molar-refractivity contribution in [1.29, 1.82) is 0 Å². The molecule has 0 spiro atoms. The predicted octanol–water partition coefficient (Wildman–Crippen LogP) is 10.4. The van der Waals surface area contributed by atoms with Gasteiger partial charge < -0.3 is 42.3 Å². The summed E-state index contributed by atoms with van der Waals surface area (Å²) in [6, 6.07) is 50.5. The number of allylic oxidation sites excluding steroid dienone is 1. The molecule has 1 aromatic heterocycles. The number of furan rings is 1. The maximum absolute atomic E-state index is 14.4. The molecule has 0 aliphatic carbocycles. The Balaban J connectivity index is 1.19. The van der Waals surface area contributed by atoms with E-state index in [2.05, 4.69) is 0 Å². The van der Waals surface area contributed by atoms with Gasteiger partial charge in [-0.3, -0.25) is 4.79 Å². The van der Waals surface area contributed by atoms with E-state index in [0.29, 0.717) is 29.1 Å². The van der Waals surface area contributed by atoms with Crippen LogP contribution < -0.4 is 14.2 Å². The average Bonchev–Trinajstić information content (AvgIpc) is 3.81. The van der Waals surface area contributed by atoms with Crippen LogP contribution in [0.3, 0.4) is 0 Å². The molecule has 7 aromatic rings. The van der Waals surface area contributed by atoms with Gasteiger partial charge in [-0.25, -0.2) is 0 Å². The van der Waals surface area contributed by atoms with E-state index in [1.165, 1.54) is 13.2 Å². The SMILES string of the molecule is COc1ccc(/C=C/C(=O)c2c(O[C@H]3O[C@H](COCc4ccccc4)[C@@H](OCc4ccccc4)[C@H](OCc4ccccc4)[C@H]3OCc3ccccc3)cc3occc3c2OC)cc1. The van der Waals surface area contributed by atoms with Crippen LogP contribution in [0.2, 0.25) is 0 Å². The van der Waals surface area contributed by atoms with Crippen LogP contribution in [0.4, 0.5) is 0 Å². The fraction of sp³-hybridized carbons (Fsp3) is 0.226. The number of methoxy groups -OCH3 is 2. The van der Waals surface area contributed by atoms with Crippen LogP contribution in [0.1, 0.15) is 38.2 Å². The molecule has 0 bridgehead atoms. The number of benzene rings is 6. The Labute approximate surface area is 367 Å². The quantitative estimate of drug-likeness (QED) is 0.0544. The minimum atomic E-state index is -1.15. The van der Waals surface area contributed by atoms with Crippen molar-refractivity contribution in [1.82, 2.24) is 0 Å². The number of carbonyl (C=O) groups excluding carboxylic acids is 1. The zero-order valence-corrected chi connectivity index (χ0v) is 35.2. The van der Waals surface area contributed by atoms with E-state index < -0.39 is 30.7 Å². The molecule has 63 heavy (non-hydrogen) atoms. The molecule has 2 heterocycles. The monoisotopic (exact) mass is 846 g/mol. The summed E-state index contributed by atoms with van der Waals surface area (Å²) >= 11 is 0. The van der Waals surface area contributed by atoms with Crippen molar-refractivity contribution in [3.63, 3.8) is 0 Å². The Hall–Kier alpha value is -6.53. The summed E-state index contributed by atoms with van der Waals surface area (Å²) < 4.78 is 58.1. The molecule has 0 amide bonds. The molecule has 10 nitrogen and oxygen atoms in total. The highest BCUT2D eigenvalue weighted by Crippen LogP contribution is 2.41. The molecule has 1 saturated heterocycles. The molecular weight excluding hydrogens is 797 g/mol. The van der Waals surface area contributed by atoms with Gasteiger partial charge in [0.05, 0.1) is 58.9 Å². The molecule has 1 aliphatic heterocycles. The summed E-state index contributed by atoms with van der Waals surface area (Å²) in [5.41, 5.74) is 5.33. The standard InChI is InChI=1S/C53H50O10/c1-55-42-26-23-37(24-27-42)25-28-44(54)48-46(31-45-43(29-30-58-45)49(48)56-2)62-53-52(61-35-41-21-13-6-14-22-41)51(60-34-40-19-11-5-12-20-40)50(59-33-39-17-9-4-10-18-39)47(63-53)36-57-32-38-15-7-3-8-16-38/h3-31,47,50-53H,32-36H2,1-2H3/b28-25+/t47-,50-,51+,52-,53+/m1/s1. The van der Waals surface area contributed by atoms with E-state index in [1.54, 1.807) is 31.6 Å². The summed E-state index contributed by atoms with van der Waals surface area (Å²) in [6.07, 6.45) is 0.554. The molecule has 10 heteroatoms. The largest absolute Gasteiger partial charge is 0.497 e. The van der Waals surface area contributed by atoms with Gasteiger partial charge in [0.2, 0.25) is 6.29 Å². The summed E-state index contributed by atoms with van der Waals surface area (Å²) in [4.78, 5) is 14.4. The van der Waals surface area contributed by atoms with Crippen LogP contribution in [0.5, 0.6) is 17.2 Å². The number of rotatable bonds is 20. The highest BCUT2D eigenvalue weighted by molar-refractivity contribution is 6.13. The van der Waals surface area contributed by atoms with Gasteiger partial charge in [0.1, 0.15) is 52.8 Å². The van der Waals surface area contributed by atoms with Crippen molar-refractivity contribution in [2.45, 2.75) is 57.1 Å². The van der Waals surface area contributed by atoms with Crippen LogP contribution in [-0.2, 0) is 50.1 Å². The third-order valence-corrected chi connectivity index (χ3v) is 10.8. The van der Waals surface area contributed by atoms with E-state index in [4.69, 9.17) is 42.3 Å². The highest BCUT2D eigenvalue weighted by Gasteiger charge is 2.50. The highest BCUT2D eigenvalue weighted by atomic mass is 16.7. The number of ketones is 1. The van der Waals surface area contributed by atoms with Crippen molar-refractivity contribution in [3.05, 3.63) is 203 Å². The molecule has 0 N–H and O–H groups in total. The molecule has 6 aromatic carbocycles. The third-order valence-electron chi connectivity index (χ3n) is 10.8. The molecule has 0 unspecified atom stereocenters. The fourth-order valence-corrected chi connectivity index (χ4v) is 7.53. The Kier molecular flexibility index (Phi) is 14.7. The zero-order chi connectivity index (χ0) is 43.2. The second kappa shape index (κ2) is 21.5. The van der Waals surface area contributed by atoms with Gasteiger partial charge in [-0.05, 0) is 52.1 Å². The van der Waals surface area contributed by atoms with E-state index in [1.807, 2.05) is 146 Å². The molecular formula is C53H50O10. The van der Waals surface area contributed by atoms with Gasteiger partial charge in [-0.1, -0.05) is 140 Å². The predicted molar refractivity (Wildman–Crippen MR) is 240 cm³/mol. The van der Waals surface area contributed by atoms with E-state index in [9.17, 15) is 4.79 Å². The maximum Gasteiger partial charge on any atom is 0.229 e. The maximum atomic E-state index is 14.4. The first-order chi connectivity index (χ1) is 31.1. The van der Waals surface area contributed by atoms with Gasteiger partial charge in [0.15, 0.2) is 5.78 Å². The van der Waals surface area contributed by atoms with E-state index >= 15 is 0 Å². The molecule has 0 radical (unpaired) electrons. The Bertz CT molecular complexity index is 2510. The Morgan fingerprint density at radius 3 is 1.70 bits per heavy atom. The number of ether oxygens (including phenoxy) is 8.